The van der Waals surface area contributed by atoms with Crippen LogP contribution >= 0.6 is 0 Å². The number of anilines is 1. The number of ether oxygens (including phenoxy) is 1. The van der Waals surface area contributed by atoms with E-state index >= 15 is 0 Å². The molecule has 0 spiro atoms. The molecule has 3 N–H and O–H groups in total. The van der Waals surface area contributed by atoms with Crippen molar-refractivity contribution in [1.29, 1.82) is 0 Å². The Bertz CT molecular complexity index is 563. The first-order valence-electron chi connectivity index (χ1n) is 6.80. The zero-order valence-corrected chi connectivity index (χ0v) is 12.1. The Kier molecular flexibility index (Phi) is 5.05. The Balaban J connectivity index is 2.37. The third kappa shape index (κ3) is 3.06. The van der Waals surface area contributed by atoms with Gasteiger partial charge in [0.05, 0.1) is 31.0 Å². The maximum atomic E-state index is 12.7. The number of phenols is 1. The van der Waals surface area contributed by atoms with Crippen molar-refractivity contribution in [1.82, 2.24) is 4.90 Å². The molecular weight excluding hydrogens is 292 g/mol. The van der Waals surface area contributed by atoms with E-state index in [1.807, 2.05) is 0 Å². The highest BCUT2D eigenvalue weighted by atomic mass is 16.7. The quantitative estimate of drug-likeness (QED) is 0.518. The molecule has 1 saturated heterocycles. The number of methoxy groups -OCH3 is 1. The predicted molar refractivity (Wildman–Crippen MR) is 76.6 cm³/mol. The summed E-state index contributed by atoms with van der Waals surface area (Å²) < 4.78 is 5.00. The van der Waals surface area contributed by atoms with E-state index in [1.54, 1.807) is 4.90 Å². The number of aliphatic hydroxyl groups excluding tert-OH is 1. The predicted octanol–water partition coefficient (Wildman–Crippen LogP) is 0.498. The van der Waals surface area contributed by atoms with Crippen LogP contribution in [0, 0.1) is 0 Å². The normalized spacial score (nSPS) is 17.2. The van der Waals surface area contributed by atoms with Gasteiger partial charge in [0.25, 0.3) is 5.91 Å². The summed E-state index contributed by atoms with van der Waals surface area (Å²) in [6, 6.07) is 2.35. The van der Waals surface area contributed by atoms with Crippen LogP contribution in [0.5, 0.6) is 11.5 Å². The molecule has 1 aliphatic rings. The van der Waals surface area contributed by atoms with Gasteiger partial charge in [-0.05, 0) is 18.9 Å². The molecule has 1 unspecified atom stereocenters. The number of amides is 1. The number of rotatable bonds is 6. The van der Waals surface area contributed by atoms with Gasteiger partial charge in [-0.3, -0.25) is 9.59 Å². The molecule has 22 heavy (non-hydrogen) atoms. The van der Waals surface area contributed by atoms with Crippen LogP contribution in [0.3, 0.4) is 0 Å². The fourth-order valence-electron chi connectivity index (χ4n) is 2.53. The van der Waals surface area contributed by atoms with E-state index in [1.165, 1.54) is 19.2 Å². The summed E-state index contributed by atoms with van der Waals surface area (Å²) in [4.78, 5) is 29.0. The molecule has 0 saturated carbocycles. The number of carbonyl (C=O) groups is 2. The van der Waals surface area contributed by atoms with Crippen LogP contribution in [-0.4, -0.2) is 53.8 Å². The van der Waals surface area contributed by atoms with Crippen LogP contribution < -0.4 is 10.2 Å². The van der Waals surface area contributed by atoms with Crippen LogP contribution in [-0.2, 0) is 9.63 Å². The van der Waals surface area contributed by atoms with E-state index in [2.05, 4.69) is 10.3 Å². The van der Waals surface area contributed by atoms with Crippen molar-refractivity contribution in [2.45, 2.75) is 18.9 Å². The Hall–Kier alpha value is -2.48. The topological polar surface area (TPSA) is 108 Å². The Morgan fingerprint density at radius 1 is 1.55 bits per heavy atom. The first-order chi connectivity index (χ1) is 10.6. The zero-order chi connectivity index (χ0) is 16.1. The molecule has 1 fully saturated rings. The smallest absolute Gasteiger partial charge is 0.320 e. The molecular formula is C14H18N2O6. The van der Waals surface area contributed by atoms with E-state index in [0.717, 1.165) is 12.8 Å². The van der Waals surface area contributed by atoms with E-state index in [9.17, 15) is 19.8 Å². The molecule has 1 aromatic carbocycles. The average Bonchev–Trinajstić information content (AvgIpc) is 3.00. The Labute approximate surface area is 127 Å². The van der Waals surface area contributed by atoms with Gasteiger partial charge in [0.15, 0.2) is 11.5 Å². The minimum Gasteiger partial charge on any atom is -0.504 e. The molecule has 8 nitrogen and oxygen atoms in total. The van der Waals surface area contributed by atoms with Crippen molar-refractivity contribution in [3.63, 3.8) is 0 Å². The monoisotopic (exact) mass is 310 g/mol. The van der Waals surface area contributed by atoms with Gasteiger partial charge in [-0.25, -0.2) is 5.48 Å². The minimum absolute atomic E-state index is 0.117. The van der Waals surface area contributed by atoms with E-state index in [-0.39, 0.29) is 47.8 Å². The third-order valence-electron chi connectivity index (χ3n) is 3.62. The number of likely N-dealkylation sites (tertiary alicyclic amines) is 1. The van der Waals surface area contributed by atoms with Crippen LogP contribution in [0.25, 0.3) is 0 Å². The summed E-state index contributed by atoms with van der Waals surface area (Å²) in [5, 5.41) is 19.1. The highest BCUT2D eigenvalue weighted by Crippen LogP contribution is 2.34. The number of carbonyl (C=O) groups excluding carboxylic acids is 2. The van der Waals surface area contributed by atoms with Crippen LogP contribution in [0.4, 0.5) is 5.69 Å². The number of nitrogens with one attached hydrogen (secondary N) is 1. The van der Waals surface area contributed by atoms with Crippen LogP contribution in [0.1, 0.15) is 23.2 Å². The molecule has 1 amide bonds. The summed E-state index contributed by atoms with van der Waals surface area (Å²) in [5.74, 6) is -0.414. The number of hydrogen-bond acceptors (Lipinski definition) is 7. The molecule has 8 heteroatoms. The lowest BCUT2D eigenvalue weighted by Gasteiger charge is -2.24. The standard InChI is InChI=1S/C14H18N2O6/c1-21-13-5-10(11(6-12(13)19)15-22-8-18)14(20)16-4-2-3-9(16)7-17/h5-6,8-9,15,17,19H,2-4,7H2,1H3. The molecule has 0 aliphatic carbocycles. The number of benzene rings is 1. The first kappa shape index (κ1) is 15.9. The molecule has 0 aromatic heterocycles. The summed E-state index contributed by atoms with van der Waals surface area (Å²) in [6.45, 7) is 0.581. The molecule has 1 atom stereocenters. The van der Waals surface area contributed by atoms with Gasteiger partial charge in [-0.2, -0.15) is 0 Å². The van der Waals surface area contributed by atoms with Gasteiger partial charge in [0.2, 0.25) is 0 Å². The SMILES string of the molecule is COc1cc(C(=O)N2CCCC2CO)c(NOC=O)cc1O. The number of aromatic hydroxyl groups is 1. The Morgan fingerprint density at radius 2 is 2.32 bits per heavy atom. The van der Waals surface area contributed by atoms with Crippen molar-refractivity contribution >= 4 is 18.1 Å². The lowest BCUT2D eigenvalue weighted by molar-refractivity contribution is -0.126. The molecule has 1 heterocycles. The largest absolute Gasteiger partial charge is 0.504 e. The average molecular weight is 310 g/mol. The number of phenolic OH excluding ortho intramolecular Hbond substituents is 1. The number of nitrogens with zero attached hydrogens (tertiary/aromatic N) is 1. The summed E-state index contributed by atoms with van der Waals surface area (Å²) in [6.07, 6.45) is 1.53. The van der Waals surface area contributed by atoms with E-state index in [0.29, 0.717) is 6.54 Å². The van der Waals surface area contributed by atoms with Crippen molar-refractivity contribution in [3.8, 4) is 11.5 Å². The molecule has 2 rings (SSSR count). The maximum Gasteiger partial charge on any atom is 0.320 e. The van der Waals surface area contributed by atoms with Crippen molar-refractivity contribution in [3.05, 3.63) is 17.7 Å². The second-order valence-corrected chi connectivity index (χ2v) is 4.86. The van der Waals surface area contributed by atoms with Gasteiger partial charge < -0.3 is 24.7 Å². The fraction of sp³-hybridized carbons (Fsp3) is 0.429. The summed E-state index contributed by atoms with van der Waals surface area (Å²) in [7, 11) is 1.37. The molecule has 1 aromatic rings. The second-order valence-electron chi connectivity index (χ2n) is 4.86. The van der Waals surface area contributed by atoms with Gasteiger partial charge in [0.1, 0.15) is 0 Å². The number of aliphatic hydroxyl groups is 1. The van der Waals surface area contributed by atoms with E-state index < -0.39 is 0 Å². The van der Waals surface area contributed by atoms with Gasteiger partial charge in [-0.1, -0.05) is 0 Å². The van der Waals surface area contributed by atoms with Crippen molar-refractivity contribution in [2.24, 2.45) is 0 Å². The van der Waals surface area contributed by atoms with Crippen LogP contribution in [0.15, 0.2) is 12.1 Å². The third-order valence-corrected chi connectivity index (χ3v) is 3.62. The molecule has 0 bridgehead atoms. The van der Waals surface area contributed by atoms with Crippen LogP contribution in [0.2, 0.25) is 0 Å². The maximum absolute atomic E-state index is 12.7. The van der Waals surface area contributed by atoms with Gasteiger partial charge >= 0.3 is 6.47 Å². The molecule has 120 valence electrons. The molecule has 1 aliphatic heterocycles. The van der Waals surface area contributed by atoms with E-state index in [4.69, 9.17) is 4.74 Å². The van der Waals surface area contributed by atoms with Gasteiger partial charge in [-0.15, -0.1) is 0 Å². The zero-order valence-electron chi connectivity index (χ0n) is 12.1. The highest BCUT2D eigenvalue weighted by molar-refractivity contribution is 6.00. The highest BCUT2D eigenvalue weighted by Gasteiger charge is 2.30. The minimum atomic E-state index is -0.341. The second kappa shape index (κ2) is 6.99. The van der Waals surface area contributed by atoms with Crippen molar-refractivity contribution in [2.75, 3.05) is 25.7 Å². The first-order valence-corrected chi connectivity index (χ1v) is 6.80. The Morgan fingerprint density at radius 3 is 2.95 bits per heavy atom. The number of hydrogen-bond donors (Lipinski definition) is 3. The summed E-state index contributed by atoms with van der Waals surface area (Å²) >= 11 is 0. The summed E-state index contributed by atoms with van der Waals surface area (Å²) in [5.41, 5.74) is 2.61. The van der Waals surface area contributed by atoms with Gasteiger partial charge in [0, 0.05) is 12.6 Å². The lowest BCUT2D eigenvalue weighted by Crippen LogP contribution is -2.38. The lowest BCUT2D eigenvalue weighted by atomic mass is 10.1. The molecule has 0 radical (unpaired) electrons. The fourth-order valence-corrected chi connectivity index (χ4v) is 2.53. The van der Waals surface area contributed by atoms with Crippen molar-refractivity contribution < 1.29 is 29.4 Å².